The van der Waals surface area contributed by atoms with Crippen molar-refractivity contribution >= 4 is 23.3 Å². The highest BCUT2D eigenvalue weighted by atomic mass is 35.5. The van der Waals surface area contributed by atoms with Crippen molar-refractivity contribution in [3.8, 4) is 0 Å². The lowest BCUT2D eigenvalue weighted by molar-refractivity contribution is 0.207. The zero-order valence-corrected chi connectivity index (χ0v) is 14.0. The molecular formula is C19H21ClN2O. The SMILES string of the molecule is CCc1ccc(NC(=O)N2CCCC2c2ccccc2Cl)cc1. The predicted molar refractivity (Wildman–Crippen MR) is 95.0 cm³/mol. The molecule has 2 aromatic rings. The maximum atomic E-state index is 12.6. The molecule has 0 radical (unpaired) electrons. The summed E-state index contributed by atoms with van der Waals surface area (Å²) in [5.74, 6) is 0. The topological polar surface area (TPSA) is 32.3 Å². The van der Waals surface area contributed by atoms with Crippen LogP contribution in [0.4, 0.5) is 10.5 Å². The Labute approximate surface area is 142 Å². The average molecular weight is 329 g/mol. The summed E-state index contributed by atoms with van der Waals surface area (Å²) < 4.78 is 0. The molecule has 0 aliphatic carbocycles. The second kappa shape index (κ2) is 7.05. The number of likely N-dealkylation sites (tertiary alicyclic amines) is 1. The van der Waals surface area contributed by atoms with Crippen molar-refractivity contribution < 1.29 is 4.79 Å². The number of hydrogen-bond acceptors (Lipinski definition) is 1. The van der Waals surface area contributed by atoms with Crippen LogP contribution >= 0.6 is 11.6 Å². The number of nitrogens with one attached hydrogen (secondary N) is 1. The van der Waals surface area contributed by atoms with Gasteiger partial charge in [-0.1, -0.05) is 48.9 Å². The van der Waals surface area contributed by atoms with Crippen LogP contribution in [-0.2, 0) is 6.42 Å². The van der Waals surface area contributed by atoms with E-state index < -0.39 is 0 Å². The smallest absolute Gasteiger partial charge is 0.317 e. The van der Waals surface area contributed by atoms with Crippen LogP contribution in [0.3, 0.4) is 0 Å². The molecule has 0 aromatic heterocycles. The van der Waals surface area contributed by atoms with Crippen LogP contribution in [-0.4, -0.2) is 17.5 Å². The van der Waals surface area contributed by atoms with E-state index in [9.17, 15) is 4.79 Å². The van der Waals surface area contributed by atoms with Crippen LogP contribution in [0, 0.1) is 0 Å². The van der Waals surface area contributed by atoms with E-state index in [2.05, 4.69) is 12.2 Å². The summed E-state index contributed by atoms with van der Waals surface area (Å²) in [4.78, 5) is 14.5. The fraction of sp³-hybridized carbons (Fsp3) is 0.316. The quantitative estimate of drug-likeness (QED) is 0.817. The molecule has 2 amide bonds. The van der Waals surface area contributed by atoms with Crippen molar-refractivity contribution in [2.45, 2.75) is 32.2 Å². The van der Waals surface area contributed by atoms with Gasteiger partial charge >= 0.3 is 6.03 Å². The first-order chi connectivity index (χ1) is 11.2. The maximum Gasteiger partial charge on any atom is 0.322 e. The maximum absolute atomic E-state index is 12.6. The molecule has 4 heteroatoms. The largest absolute Gasteiger partial charge is 0.322 e. The first kappa shape index (κ1) is 15.9. The number of urea groups is 1. The molecule has 1 N–H and O–H groups in total. The van der Waals surface area contributed by atoms with Crippen molar-refractivity contribution in [3.05, 3.63) is 64.7 Å². The van der Waals surface area contributed by atoms with Crippen LogP contribution in [0.5, 0.6) is 0 Å². The van der Waals surface area contributed by atoms with E-state index in [1.54, 1.807) is 0 Å². The molecule has 1 saturated heterocycles. The van der Waals surface area contributed by atoms with E-state index in [1.165, 1.54) is 5.56 Å². The number of halogens is 1. The third-order valence-corrected chi connectivity index (χ3v) is 4.74. The number of benzene rings is 2. The van der Waals surface area contributed by atoms with E-state index in [1.807, 2.05) is 53.4 Å². The van der Waals surface area contributed by atoms with Gasteiger partial charge in [-0.15, -0.1) is 0 Å². The predicted octanol–water partition coefficient (Wildman–Crippen LogP) is 5.27. The second-order valence-electron chi connectivity index (χ2n) is 5.85. The third kappa shape index (κ3) is 3.50. The summed E-state index contributed by atoms with van der Waals surface area (Å²) in [5.41, 5.74) is 3.12. The molecule has 1 atom stereocenters. The Kier molecular flexibility index (Phi) is 4.87. The monoisotopic (exact) mass is 328 g/mol. The second-order valence-corrected chi connectivity index (χ2v) is 6.26. The van der Waals surface area contributed by atoms with E-state index in [4.69, 9.17) is 11.6 Å². The minimum absolute atomic E-state index is 0.0543. The highest BCUT2D eigenvalue weighted by Crippen LogP contribution is 2.35. The third-order valence-electron chi connectivity index (χ3n) is 4.39. The Morgan fingerprint density at radius 1 is 1.22 bits per heavy atom. The van der Waals surface area contributed by atoms with Gasteiger partial charge in [0.25, 0.3) is 0 Å². The van der Waals surface area contributed by atoms with Gasteiger partial charge in [0.15, 0.2) is 0 Å². The van der Waals surface area contributed by atoms with E-state index in [-0.39, 0.29) is 12.1 Å². The fourth-order valence-electron chi connectivity index (χ4n) is 3.10. The number of nitrogens with zero attached hydrogens (tertiary/aromatic N) is 1. The van der Waals surface area contributed by atoms with E-state index in [0.717, 1.165) is 42.1 Å². The summed E-state index contributed by atoms with van der Waals surface area (Å²) in [5, 5.41) is 3.72. The number of rotatable bonds is 3. The van der Waals surface area contributed by atoms with Crippen molar-refractivity contribution in [2.75, 3.05) is 11.9 Å². The fourth-order valence-corrected chi connectivity index (χ4v) is 3.36. The van der Waals surface area contributed by atoms with Gasteiger partial charge in [0, 0.05) is 17.3 Å². The molecule has 1 aliphatic rings. The molecule has 3 nitrogen and oxygen atoms in total. The van der Waals surface area contributed by atoms with Crippen molar-refractivity contribution in [1.29, 1.82) is 0 Å². The zero-order valence-electron chi connectivity index (χ0n) is 13.3. The van der Waals surface area contributed by atoms with Crippen LogP contribution in [0.15, 0.2) is 48.5 Å². The summed E-state index contributed by atoms with van der Waals surface area (Å²) >= 11 is 6.31. The Morgan fingerprint density at radius 3 is 2.65 bits per heavy atom. The number of amides is 2. The summed E-state index contributed by atoms with van der Waals surface area (Å²) in [7, 11) is 0. The molecule has 1 unspecified atom stereocenters. The Balaban J connectivity index is 1.74. The molecule has 1 fully saturated rings. The van der Waals surface area contributed by atoms with Crippen LogP contribution in [0.1, 0.15) is 36.9 Å². The minimum Gasteiger partial charge on any atom is -0.317 e. The molecule has 3 rings (SSSR count). The number of carbonyl (C=O) groups excluding carboxylic acids is 1. The Bertz CT molecular complexity index is 684. The van der Waals surface area contributed by atoms with Gasteiger partial charge in [-0.05, 0) is 48.6 Å². The van der Waals surface area contributed by atoms with Crippen molar-refractivity contribution in [2.24, 2.45) is 0 Å². The molecular weight excluding hydrogens is 308 g/mol. The molecule has 23 heavy (non-hydrogen) atoms. The minimum atomic E-state index is -0.0586. The molecule has 0 saturated carbocycles. The summed E-state index contributed by atoms with van der Waals surface area (Å²) in [6.07, 6.45) is 2.94. The van der Waals surface area contributed by atoms with Crippen LogP contribution in [0.25, 0.3) is 0 Å². The molecule has 1 heterocycles. The lowest BCUT2D eigenvalue weighted by Crippen LogP contribution is -2.34. The number of anilines is 1. The van der Waals surface area contributed by atoms with Gasteiger partial charge in [0.05, 0.1) is 6.04 Å². The Morgan fingerprint density at radius 2 is 1.96 bits per heavy atom. The zero-order chi connectivity index (χ0) is 16.2. The molecule has 0 spiro atoms. The normalized spacial score (nSPS) is 17.3. The van der Waals surface area contributed by atoms with Crippen LogP contribution in [0.2, 0.25) is 5.02 Å². The number of hydrogen-bond donors (Lipinski definition) is 1. The average Bonchev–Trinajstić information content (AvgIpc) is 3.05. The van der Waals surface area contributed by atoms with Gasteiger partial charge in [-0.2, -0.15) is 0 Å². The van der Waals surface area contributed by atoms with Gasteiger partial charge in [-0.25, -0.2) is 4.79 Å². The Hall–Kier alpha value is -2.00. The molecule has 1 aliphatic heterocycles. The lowest BCUT2D eigenvalue weighted by atomic mass is 10.0. The van der Waals surface area contributed by atoms with Crippen LogP contribution < -0.4 is 5.32 Å². The summed E-state index contributed by atoms with van der Waals surface area (Å²) in [6, 6.07) is 15.8. The molecule has 0 bridgehead atoms. The number of carbonyl (C=O) groups is 1. The summed E-state index contributed by atoms with van der Waals surface area (Å²) in [6.45, 7) is 2.88. The van der Waals surface area contributed by atoms with Gasteiger partial charge < -0.3 is 10.2 Å². The highest BCUT2D eigenvalue weighted by Gasteiger charge is 2.31. The van der Waals surface area contributed by atoms with E-state index >= 15 is 0 Å². The number of aryl methyl sites for hydroxylation is 1. The standard InChI is InChI=1S/C19H21ClN2O/c1-2-14-9-11-15(12-10-14)21-19(23)22-13-5-8-18(22)16-6-3-4-7-17(16)20/h3-4,6-7,9-12,18H,2,5,8,13H2,1H3,(H,21,23). The van der Waals surface area contributed by atoms with Crippen molar-refractivity contribution in [3.63, 3.8) is 0 Å². The first-order valence-corrected chi connectivity index (χ1v) is 8.48. The first-order valence-electron chi connectivity index (χ1n) is 8.10. The van der Waals surface area contributed by atoms with E-state index in [0.29, 0.717) is 0 Å². The van der Waals surface area contributed by atoms with Gasteiger partial charge in [0.1, 0.15) is 0 Å². The lowest BCUT2D eigenvalue weighted by Gasteiger charge is -2.26. The molecule has 120 valence electrons. The van der Waals surface area contributed by atoms with Gasteiger partial charge in [-0.3, -0.25) is 0 Å². The molecule has 2 aromatic carbocycles. The van der Waals surface area contributed by atoms with Crippen molar-refractivity contribution in [1.82, 2.24) is 4.90 Å². The van der Waals surface area contributed by atoms with Gasteiger partial charge in [0.2, 0.25) is 0 Å². The highest BCUT2D eigenvalue weighted by molar-refractivity contribution is 6.31.